The summed E-state index contributed by atoms with van der Waals surface area (Å²) in [5.74, 6) is -0.518. The normalized spacial score (nSPS) is 14.1. The second kappa shape index (κ2) is 6.29. The molecule has 0 unspecified atom stereocenters. The third-order valence-electron chi connectivity index (χ3n) is 2.14. The van der Waals surface area contributed by atoms with Crippen molar-refractivity contribution in [2.24, 2.45) is 5.73 Å². The van der Waals surface area contributed by atoms with Crippen molar-refractivity contribution < 1.29 is 26.3 Å². The fraction of sp³-hybridized carbons (Fsp3) is 0.400. The molecule has 1 rings (SSSR count). The van der Waals surface area contributed by atoms with E-state index in [-0.39, 0.29) is 15.9 Å². The van der Waals surface area contributed by atoms with Gasteiger partial charge in [-0.25, -0.2) is 13.1 Å². The molecule has 0 bridgehead atoms. The van der Waals surface area contributed by atoms with Gasteiger partial charge in [-0.2, -0.15) is 0 Å². The number of nitrogens with two attached hydrogens (primary N) is 1. The van der Waals surface area contributed by atoms with Gasteiger partial charge in [-0.15, -0.1) is 13.2 Å². The topological polar surface area (TPSA) is 81.4 Å². The molecule has 1 atom stereocenters. The molecule has 0 radical (unpaired) electrons. The van der Waals surface area contributed by atoms with Gasteiger partial charge >= 0.3 is 6.36 Å². The van der Waals surface area contributed by atoms with Crippen LogP contribution < -0.4 is 15.2 Å². The minimum absolute atomic E-state index is 0.0454. The van der Waals surface area contributed by atoms with Gasteiger partial charge in [-0.05, 0) is 41.1 Å². The summed E-state index contributed by atoms with van der Waals surface area (Å²) in [6.45, 7) is 1.65. The summed E-state index contributed by atoms with van der Waals surface area (Å²) in [5, 5.41) is 0. The lowest BCUT2D eigenvalue weighted by Gasteiger charge is -2.14. The summed E-state index contributed by atoms with van der Waals surface area (Å²) in [5.41, 5.74) is 5.31. The first-order valence-corrected chi connectivity index (χ1v) is 7.60. The van der Waals surface area contributed by atoms with Crippen LogP contribution in [0.1, 0.15) is 6.92 Å². The predicted molar refractivity (Wildman–Crippen MR) is 69.7 cm³/mol. The summed E-state index contributed by atoms with van der Waals surface area (Å²) >= 11 is 2.90. The number of hydrogen-bond donors (Lipinski definition) is 2. The Balaban J connectivity index is 3.04. The highest BCUT2D eigenvalue weighted by Crippen LogP contribution is 2.30. The second-order valence-corrected chi connectivity index (χ2v) is 6.43. The van der Waals surface area contributed by atoms with Crippen LogP contribution in [0, 0.1) is 0 Å². The fourth-order valence-corrected chi connectivity index (χ4v) is 3.59. The van der Waals surface area contributed by atoms with E-state index in [0.29, 0.717) is 0 Å². The summed E-state index contributed by atoms with van der Waals surface area (Å²) < 4.78 is 66.0. The zero-order chi connectivity index (χ0) is 15.6. The van der Waals surface area contributed by atoms with Crippen LogP contribution in [0.15, 0.2) is 27.6 Å². The molecule has 0 aliphatic carbocycles. The highest BCUT2D eigenvalue weighted by molar-refractivity contribution is 9.10. The minimum atomic E-state index is -4.84. The number of alkyl halides is 3. The lowest BCUT2D eigenvalue weighted by atomic mass is 10.3. The van der Waals surface area contributed by atoms with Crippen LogP contribution in [0.4, 0.5) is 13.2 Å². The Bertz CT molecular complexity index is 578. The number of halogens is 4. The highest BCUT2D eigenvalue weighted by atomic mass is 79.9. The third-order valence-corrected chi connectivity index (χ3v) is 4.70. The average Bonchev–Trinajstić information content (AvgIpc) is 2.25. The highest BCUT2D eigenvalue weighted by Gasteiger charge is 2.31. The maximum atomic E-state index is 12.0. The zero-order valence-corrected chi connectivity index (χ0v) is 12.6. The van der Waals surface area contributed by atoms with Crippen molar-refractivity contribution in [3.63, 3.8) is 0 Å². The van der Waals surface area contributed by atoms with E-state index in [1.165, 1.54) is 0 Å². The Kier molecular flexibility index (Phi) is 5.41. The lowest BCUT2D eigenvalue weighted by Crippen LogP contribution is -2.37. The van der Waals surface area contributed by atoms with E-state index < -0.39 is 28.2 Å². The van der Waals surface area contributed by atoms with Crippen molar-refractivity contribution in [3.05, 3.63) is 22.7 Å². The van der Waals surface area contributed by atoms with Crippen molar-refractivity contribution in [1.82, 2.24) is 4.72 Å². The Hall–Kier alpha value is -0.840. The molecule has 20 heavy (non-hydrogen) atoms. The zero-order valence-electron chi connectivity index (χ0n) is 10.2. The van der Waals surface area contributed by atoms with E-state index in [0.717, 1.165) is 18.2 Å². The molecule has 0 saturated heterocycles. The molecule has 1 aromatic carbocycles. The molecule has 0 aromatic heterocycles. The largest absolute Gasteiger partial charge is 0.573 e. The molecular formula is C10H12BrF3N2O3S. The molecule has 3 N–H and O–H groups in total. The number of nitrogens with one attached hydrogen (secondary N) is 1. The van der Waals surface area contributed by atoms with Gasteiger partial charge in [0.2, 0.25) is 10.0 Å². The fourth-order valence-electron chi connectivity index (χ4n) is 1.27. The number of benzene rings is 1. The molecule has 0 fully saturated rings. The van der Waals surface area contributed by atoms with Crippen LogP contribution in [0.2, 0.25) is 0 Å². The molecule has 10 heteroatoms. The first-order chi connectivity index (χ1) is 9.05. The van der Waals surface area contributed by atoms with E-state index in [1.54, 1.807) is 6.92 Å². The van der Waals surface area contributed by atoms with Crippen LogP contribution in [-0.4, -0.2) is 27.4 Å². The number of sulfonamides is 1. The summed E-state index contributed by atoms with van der Waals surface area (Å²) in [6, 6.07) is 2.35. The summed E-state index contributed by atoms with van der Waals surface area (Å²) in [7, 11) is -3.88. The van der Waals surface area contributed by atoms with Gasteiger partial charge in [0, 0.05) is 17.1 Å². The van der Waals surface area contributed by atoms with Crippen LogP contribution in [-0.2, 0) is 10.0 Å². The molecule has 1 aromatic rings. The maximum absolute atomic E-state index is 12.0. The molecule has 5 nitrogen and oxygen atoms in total. The third kappa shape index (κ3) is 4.93. The van der Waals surface area contributed by atoms with Crippen LogP contribution in [0.5, 0.6) is 5.75 Å². The van der Waals surface area contributed by atoms with Gasteiger partial charge in [0.05, 0.1) is 4.90 Å². The molecule has 114 valence electrons. The molecule has 0 saturated carbocycles. The van der Waals surface area contributed by atoms with E-state index in [1.807, 2.05) is 0 Å². The Morgan fingerprint density at radius 3 is 2.50 bits per heavy atom. The second-order valence-electron chi connectivity index (χ2n) is 3.90. The summed E-state index contributed by atoms with van der Waals surface area (Å²) in [6.07, 6.45) is -4.84. The molecule has 0 aliphatic rings. The van der Waals surface area contributed by atoms with E-state index in [9.17, 15) is 21.6 Å². The van der Waals surface area contributed by atoms with Crippen molar-refractivity contribution in [2.75, 3.05) is 6.54 Å². The number of ether oxygens (including phenoxy) is 1. The Morgan fingerprint density at radius 1 is 1.45 bits per heavy atom. The number of hydrogen-bond acceptors (Lipinski definition) is 4. The molecule has 0 heterocycles. The van der Waals surface area contributed by atoms with Gasteiger partial charge in [0.15, 0.2) is 0 Å². The van der Waals surface area contributed by atoms with Gasteiger partial charge in [-0.1, -0.05) is 0 Å². The van der Waals surface area contributed by atoms with Gasteiger partial charge < -0.3 is 10.5 Å². The number of rotatable bonds is 5. The summed E-state index contributed by atoms with van der Waals surface area (Å²) in [4.78, 5) is -0.202. The van der Waals surface area contributed by atoms with E-state index in [4.69, 9.17) is 5.73 Å². The van der Waals surface area contributed by atoms with Crippen molar-refractivity contribution >= 4 is 26.0 Å². The van der Waals surface area contributed by atoms with Gasteiger partial charge in [0.1, 0.15) is 5.75 Å². The Morgan fingerprint density at radius 2 is 2.05 bits per heavy atom. The van der Waals surface area contributed by atoms with Gasteiger partial charge in [-0.3, -0.25) is 0 Å². The predicted octanol–water partition coefficient (Wildman–Crippen LogP) is 1.97. The van der Waals surface area contributed by atoms with Crippen LogP contribution in [0.3, 0.4) is 0 Å². The van der Waals surface area contributed by atoms with Crippen LogP contribution >= 0.6 is 15.9 Å². The van der Waals surface area contributed by atoms with Crippen molar-refractivity contribution in [1.29, 1.82) is 0 Å². The average molecular weight is 377 g/mol. The molecule has 0 aliphatic heterocycles. The maximum Gasteiger partial charge on any atom is 0.573 e. The smallest absolute Gasteiger partial charge is 0.406 e. The molecule has 0 amide bonds. The monoisotopic (exact) mass is 376 g/mol. The van der Waals surface area contributed by atoms with E-state index in [2.05, 4.69) is 25.4 Å². The molecular weight excluding hydrogens is 365 g/mol. The van der Waals surface area contributed by atoms with E-state index >= 15 is 0 Å². The van der Waals surface area contributed by atoms with Crippen LogP contribution in [0.25, 0.3) is 0 Å². The van der Waals surface area contributed by atoms with Gasteiger partial charge in [0.25, 0.3) is 0 Å². The lowest BCUT2D eigenvalue weighted by molar-refractivity contribution is -0.274. The first-order valence-electron chi connectivity index (χ1n) is 5.33. The SMILES string of the molecule is C[C@@H](CN)NS(=O)(=O)c1ccc(OC(F)(F)F)cc1Br. The minimum Gasteiger partial charge on any atom is -0.406 e. The first kappa shape index (κ1) is 17.2. The van der Waals surface area contributed by atoms with Crippen molar-refractivity contribution in [3.8, 4) is 5.75 Å². The quantitative estimate of drug-likeness (QED) is 0.822. The molecule has 0 spiro atoms. The Labute approximate surface area is 122 Å². The van der Waals surface area contributed by atoms with Crippen molar-refractivity contribution in [2.45, 2.75) is 24.2 Å². The standard InChI is InChI=1S/C10H12BrF3N2O3S/c1-6(5-15)16-20(17,18)9-3-2-7(4-8(9)11)19-10(12,13)14/h2-4,6,16H,5,15H2,1H3/t6-/m0/s1.